The summed E-state index contributed by atoms with van der Waals surface area (Å²) >= 11 is 11.8. The van der Waals surface area contributed by atoms with Crippen molar-refractivity contribution < 1.29 is 4.79 Å². The van der Waals surface area contributed by atoms with Crippen LogP contribution in [0.25, 0.3) is 0 Å². The first kappa shape index (κ1) is 12.7. The Morgan fingerprint density at radius 3 is 2.82 bits per heavy atom. The minimum atomic E-state index is 0.0715. The van der Waals surface area contributed by atoms with Gasteiger partial charge in [-0.15, -0.1) is 0 Å². The highest BCUT2D eigenvalue weighted by atomic mass is 35.5. The molecule has 92 valence electrons. The highest BCUT2D eigenvalue weighted by Crippen LogP contribution is 2.22. The van der Waals surface area contributed by atoms with Crippen LogP contribution in [0.3, 0.4) is 0 Å². The lowest BCUT2D eigenvalue weighted by molar-refractivity contribution is -0.129. The van der Waals surface area contributed by atoms with Crippen molar-refractivity contribution >= 4 is 29.1 Å². The maximum absolute atomic E-state index is 12.0. The number of likely N-dealkylation sites (tertiary alicyclic amines) is 1. The van der Waals surface area contributed by atoms with E-state index in [0.29, 0.717) is 23.0 Å². The van der Waals surface area contributed by atoms with Crippen LogP contribution in [0, 0.1) is 0 Å². The molecule has 1 atom stereocenters. The lowest BCUT2D eigenvalue weighted by Gasteiger charge is -2.16. The van der Waals surface area contributed by atoms with Gasteiger partial charge in [0.05, 0.1) is 6.42 Å². The van der Waals surface area contributed by atoms with Crippen molar-refractivity contribution in [3.05, 3.63) is 33.8 Å². The molecule has 1 aromatic carbocycles. The zero-order valence-electron chi connectivity index (χ0n) is 9.33. The van der Waals surface area contributed by atoms with E-state index in [4.69, 9.17) is 28.9 Å². The Balaban J connectivity index is 2.03. The van der Waals surface area contributed by atoms with E-state index in [1.54, 1.807) is 23.1 Å². The number of nitrogens with two attached hydrogens (primary N) is 1. The molecule has 0 saturated carbocycles. The Labute approximate surface area is 110 Å². The highest BCUT2D eigenvalue weighted by molar-refractivity contribution is 6.35. The molecular formula is C12H14Cl2N2O. The molecule has 2 rings (SSSR count). The lowest BCUT2D eigenvalue weighted by Crippen LogP contribution is -2.32. The maximum atomic E-state index is 12.0. The van der Waals surface area contributed by atoms with Crippen LogP contribution in [0.5, 0.6) is 0 Å². The second-order valence-electron chi connectivity index (χ2n) is 4.30. The molecule has 17 heavy (non-hydrogen) atoms. The molecule has 0 radical (unpaired) electrons. The van der Waals surface area contributed by atoms with E-state index in [1.165, 1.54) is 0 Å². The van der Waals surface area contributed by atoms with Crippen LogP contribution >= 0.6 is 23.2 Å². The van der Waals surface area contributed by atoms with E-state index < -0.39 is 0 Å². The molecule has 1 saturated heterocycles. The fourth-order valence-electron chi connectivity index (χ4n) is 1.95. The normalized spacial score (nSPS) is 19.7. The average Bonchev–Trinajstić information content (AvgIpc) is 2.69. The number of rotatable bonds is 2. The van der Waals surface area contributed by atoms with Crippen LogP contribution in [-0.4, -0.2) is 29.9 Å². The topological polar surface area (TPSA) is 46.3 Å². The number of nitrogens with zero attached hydrogens (tertiary/aromatic N) is 1. The molecule has 0 aromatic heterocycles. The summed E-state index contributed by atoms with van der Waals surface area (Å²) in [6.45, 7) is 1.38. The van der Waals surface area contributed by atoms with Gasteiger partial charge in [-0.1, -0.05) is 29.3 Å². The second kappa shape index (κ2) is 5.25. The third kappa shape index (κ3) is 3.12. The number of amides is 1. The molecule has 1 aromatic rings. The summed E-state index contributed by atoms with van der Waals surface area (Å²) in [5.74, 6) is 0.0715. The minimum Gasteiger partial charge on any atom is -0.341 e. The Morgan fingerprint density at radius 2 is 2.24 bits per heavy atom. The average molecular weight is 273 g/mol. The lowest BCUT2D eigenvalue weighted by atomic mass is 10.1. The summed E-state index contributed by atoms with van der Waals surface area (Å²) in [7, 11) is 0. The molecule has 1 unspecified atom stereocenters. The standard InChI is InChI=1S/C12H14Cl2N2O/c13-9-2-1-8(11(14)6-9)5-12(17)16-4-3-10(15)7-16/h1-2,6,10H,3-5,7,15H2. The van der Waals surface area contributed by atoms with Gasteiger partial charge in [0, 0.05) is 29.2 Å². The van der Waals surface area contributed by atoms with E-state index in [1.807, 2.05) is 0 Å². The third-order valence-corrected chi connectivity index (χ3v) is 3.52. The first-order valence-corrected chi connectivity index (χ1v) is 6.29. The fourth-order valence-corrected chi connectivity index (χ4v) is 2.43. The van der Waals surface area contributed by atoms with Crippen LogP contribution < -0.4 is 5.73 Å². The van der Waals surface area contributed by atoms with Crippen LogP contribution in [0.4, 0.5) is 0 Å². The SMILES string of the molecule is NC1CCN(C(=O)Cc2ccc(Cl)cc2Cl)C1. The van der Waals surface area contributed by atoms with Gasteiger partial charge in [0.25, 0.3) is 0 Å². The van der Waals surface area contributed by atoms with Crippen LogP contribution in [-0.2, 0) is 11.2 Å². The molecule has 1 aliphatic heterocycles. The van der Waals surface area contributed by atoms with E-state index in [-0.39, 0.29) is 11.9 Å². The Hall–Kier alpha value is -0.770. The van der Waals surface area contributed by atoms with Gasteiger partial charge >= 0.3 is 0 Å². The summed E-state index contributed by atoms with van der Waals surface area (Å²) in [6, 6.07) is 5.30. The molecule has 1 amide bonds. The van der Waals surface area contributed by atoms with Gasteiger partial charge in [-0.3, -0.25) is 4.79 Å². The van der Waals surface area contributed by atoms with E-state index >= 15 is 0 Å². The maximum Gasteiger partial charge on any atom is 0.227 e. The minimum absolute atomic E-state index is 0.0715. The van der Waals surface area contributed by atoms with Gasteiger partial charge in [-0.25, -0.2) is 0 Å². The second-order valence-corrected chi connectivity index (χ2v) is 5.14. The Morgan fingerprint density at radius 1 is 1.47 bits per heavy atom. The van der Waals surface area contributed by atoms with Crippen molar-refractivity contribution in [2.24, 2.45) is 5.73 Å². The highest BCUT2D eigenvalue weighted by Gasteiger charge is 2.23. The van der Waals surface area contributed by atoms with Crippen molar-refractivity contribution in [2.75, 3.05) is 13.1 Å². The third-order valence-electron chi connectivity index (χ3n) is 2.93. The van der Waals surface area contributed by atoms with E-state index in [9.17, 15) is 4.79 Å². The van der Waals surface area contributed by atoms with Gasteiger partial charge in [-0.2, -0.15) is 0 Å². The zero-order chi connectivity index (χ0) is 12.4. The van der Waals surface area contributed by atoms with E-state index in [0.717, 1.165) is 18.5 Å². The molecule has 1 aliphatic rings. The number of carbonyl (C=O) groups excluding carboxylic acids is 1. The van der Waals surface area contributed by atoms with Crippen molar-refractivity contribution in [3.63, 3.8) is 0 Å². The van der Waals surface area contributed by atoms with Gasteiger partial charge < -0.3 is 10.6 Å². The predicted octanol–water partition coefficient (Wildman–Crippen LogP) is 2.10. The Bertz CT molecular complexity index is 437. The van der Waals surface area contributed by atoms with Gasteiger partial charge in [0.15, 0.2) is 0 Å². The molecule has 5 heteroatoms. The molecule has 0 aliphatic carbocycles. The number of benzene rings is 1. The van der Waals surface area contributed by atoms with Crippen molar-refractivity contribution in [1.82, 2.24) is 4.90 Å². The quantitative estimate of drug-likeness (QED) is 0.896. The largest absolute Gasteiger partial charge is 0.341 e. The fraction of sp³-hybridized carbons (Fsp3) is 0.417. The summed E-state index contributed by atoms with van der Waals surface area (Å²) in [6.07, 6.45) is 1.18. The molecule has 1 heterocycles. The summed E-state index contributed by atoms with van der Waals surface area (Å²) in [5, 5.41) is 1.11. The summed E-state index contributed by atoms with van der Waals surface area (Å²) < 4.78 is 0. The van der Waals surface area contributed by atoms with Crippen LogP contribution in [0.15, 0.2) is 18.2 Å². The molecule has 0 spiro atoms. The van der Waals surface area contributed by atoms with Crippen molar-refractivity contribution in [2.45, 2.75) is 18.9 Å². The Kier molecular flexibility index (Phi) is 3.92. The van der Waals surface area contributed by atoms with Crippen molar-refractivity contribution in [3.8, 4) is 0 Å². The molecule has 3 nitrogen and oxygen atoms in total. The first-order valence-electron chi connectivity index (χ1n) is 5.53. The number of hydrogen-bond acceptors (Lipinski definition) is 2. The molecule has 1 fully saturated rings. The molecule has 2 N–H and O–H groups in total. The molecular weight excluding hydrogens is 259 g/mol. The van der Waals surface area contributed by atoms with Crippen LogP contribution in [0.2, 0.25) is 10.0 Å². The smallest absolute Gasteiger partial charge is 0.227 e. The monoisotopic (exact) mass is 272 g/mol. The van der Waals surface area contributed by atoms with Crippen molar-refractivity contribution in [1.29, 1.82) is 0 Å². The number of hydrogen-bond donors (Lipinski definition) is 1. The van der Waals surface area contributed by atoms with Crippen LogP contribution in [0.1, 0.15) is 12.0 Å². The predicted molar refractivity (Wildman–Crippen MR) is 69.3 cm³/mol. The number of carbonyl (C=O) groups is 1. The van der Waals surface area contributed by atoms with Gasteiger partial charge in [0.1, 0.15) is 0 Å². The van der Waals surface area contributed by atoms with Gasteiger partial charge in [-0.05, 0) is 24.1 Å². The summed E-state index contributed by atoms with van der Waals surface area (Å²) in [4.78, 5) is 13.8. The van der Waals surface area contributed by atoms with E-state index in [2.05, 4.69) is 0 Å². The zero-order valence-corrected chi connectivity index (χ0v) is 10.8. The number of halogens is 2. The van der Waals surface area contributed by atoms with Gasteiger partial charge in [0.2, 0.25) is 5.91 Å². The molecule has 0 bridgehead atoms. The summed E-state index contributed by atoms with van der Waals surface area (Å²) in [5.41, 5.74) is 6.58. The first-order chi connectivity index (χ1) is 8.06.